The Kier molecular flexibility index (Phi) is 13.3. The summed E-state index contributed by atoms with van der Waals surface area (Å²) in [4.78, 5) is 0. The van der Waals surface area contributed by atoms with E-state index in [0.29, 0.717) is 0 Å². The van der Waals surface area contributed by atoms with Gasteiger partial charge >= 0.3 is 103 Å². The van der Waals surface area contributed by atoms with Crippen molar-refractivity contribution in [2.75, 3.05) is 0 Å². The summed E-state index contributed by atoms with van der Waals surface area (Å²) >= 11 is 5.77. The predicted molar refractivity (Wildman–Crippen MR) is 68.4 cm³/mol. The second kappa shape index (κ2) is 10.9. The zero-order chi connectivity index (χ0) is 15.7. The van der Waals surface area contributed by atoms with Crippen molar-refractivity contribution in [2.45, 2.75) is 6.61 Å². The molecule has 0 saturated heterocycles. The molecule has 0 aliphatic rings. The van der Waals surface area contributed by atoms with E-state index >= 15 is 0 Å². The van der Waals surface area contributed by atoms with Crippen LogP contribution in [0.1, 0.15) is 5.56 Å². The molecule has 0 aliphatic heterocycles. The third-order valence-electron chi connectivity index (χ3n) is 1.75. The van der Waals surface area contributed by atoms with Crippen molar-refractivity contribution in [1.29, 1.82) is 0 Å². The molecular weight excluding hydrogens is 530 g/mol. The number of aliphatic hydroxyl groups is 1. The van der Waals surface area contributed by atoms with Crippen molar-refractivity contribution in [3.05, 3.63) is 20.6 Å². The first kappa shape index (κ1) is 27.1. The van der Waals surface area contributed by atoms with Gasteiger partial charge in [-0.1, -0.05) is 0 Å². The molecule has 0 amide bonds. The minimum absolute atomic E-state index is 0. The van der Waals surface area contributed by atoms with Crippen LogP contribution >= 0.6 is 31.9 Å². The van der Waals surface area contributed by atoms with E-state index in [4.69, 9.17) is 5.11 Å². The summed E-state index contributed by atoms with van der Waals surface area (Å²) in [6.45, 7) is -0.598. The van der Waals surface area contributed by atoms with Crippen molar-refractivity contribution < 1.29 is 142 Å². The van der Waals surface area contributed by atoms with Gasteiger partial charge in [0.05, 0.1) is 11.1 Å². The Bertz CT molecular complexity index is 735. The number of halogens is 2. The van der Waals surface area contributed by atoms with Crippen LogP contribution in [0.5, 0.6) is 11.5 Å². The summed E-state index contributed by atoms with van der Waals surface area (Å²) in [6.07, 6.45) is 0. The van der Waals surface area contributed by atoms with E-state index in [9.17, 15) is 25.9 Å². The fourth-order valence-electron chi connectivity index (χ4n) is 1.10. The molecule has 0 fully saturated rings. The minimum atomic E-state index is -5.25. The Morgan fingerprint density at radius 2 is 1.45 bits per heavy atom. The van der Waals surface area contributed by atoms with Gasteiger partial charge in [0.15, 0.2) is 11.5 Å². The molecular formula is C7H4Br2K2O9S2. The first-order valence-electron chi connectivity index (χ1n) is 4.37. The van der Waals surface area contributed by atoms with Gasteiger partial charge in [-0.3, -0.25) is 0 Å². The molecule has 0 aliphatic carbocycles. The summed E-state index contributed by atoms with van der Waals surface area (Å²) in [5, 5.41) is 9.03. The smallest absolute Gasteiger partial charge is 0.716 e. The zero-order valence-corrected chi connectivity index (χ0v) is 22.1. The van der Waals surface area contributed by atoms with Gasteiger partial charge < -0.3 is 22.6 Å². The van der Waals surface area contributed by atoms with Crippen LogP contribution in [-0.2, 0) is 27.4 Å². The summed E-state index contributed by atoms with van der Waals surface area (Å²) in [7, 11) is -10.5. The Labute approximate surface area is 228 Å². The van der Waals surface area contributed by atoms with Crippen molar-refractivity contribution in [3.63, 3.8) is 0 Å². The molecule has 1 N–H and O–H groups in total. The fourth-order valence-corrected chi connectivity index (χ4v) is 2.87. The maximum atomic E-state index is 10.6. The van der Waals surface area contributed by atoms with E-state index < -0.39 is 38.9 Å². The maximum absolute atomic E-state index is 10.6. The molecule has 1 rings (SSSR count). The topological polar surface area (TPSA) is 153 Å². The Morgan fingerprint density at radius 3 is 1.82 bits per heavy atom. The van der Waals surface area contributed by atoms with E-state index in [1.165, 1.54) is 0 Å². The minimum Gasteiger partial charge on any atom is -0.716 e. The van der Waals surface area contributed by atoms with Crippen LogP contribution in [0.2, 0.25) is 0 Å². The van der Waals surface area contributed by atoms with Gasteiger partial charge in [-0.05, 0) is 43.5 Å². The van der Waals surface area contributed by atoms with Crippen molar-refractivity contribution in [2.24, 2.45) is 0 Å². The first-order valence-corrected chi connectivity index (χ1v) is 8.62. The van der Waals surface area contributed by atoms with Crippen LogP contribution in [-0.4, -0.2) is 31.0 Å². The van der Waals surface area contributed by atoms with E-state index in [0.717, 1.165) is 6.07 Å². The summed E-state index contributed by atoms with van der Waals surface area (Å²) in [6, 6.07) is 0.824. The Hall–Kier alpha value is 2.83. The molecule has 1 aromatic rings. The Balaban J connectivity index is 0. The molecule has 0 atom stereocenters. The van der Waals surface area contributed by atoms with Gasteiger partial charge in [0.2, 0.25) is 0 Å². The van der Waals surface area contributed by atoms with E-state index in [-0.39, 0.29) is 117 Å². The van der Waals surface area contributed by atoms with Crippen LogP contribution in [0.15, 0.2) is 15.0 Å². The van der Waals surface area contributed by atoms with Gasteiger partial charge in [-0.25, -0.2) is 16.8 Å². The van der Waals surface area contributed by atoms with Crippen molar-refractivity contribution in [1.82, 2.24) is 0 Å². The van der Waals surface area contributed by atoms with E-state index in [1.54, 1.807) is 0 Å². The van der Waals surface area contributed by atoms with Crippen molar-refractivity contribution >= 4 is 52.7 Å². The fraction of sp³-hybridized carbons (Fsp3) is 0.143. The average molecular weight is 534 g/mol. The molecule has 1 aromatic carbocycles. The van der Waals surface area contributed by atoms with Crippen LogP contribution in [0.4, 0.5) is 0 Å². The zero-order valence-electron chi connectivity index (χ0n) is 11.1. The van der Waals surface area contributed by atoms with Gasteiger partial charge in [-0.15, -0.1) is 0 Å². The molecule has 0 aromatic heterocycles. The van der Waals surface area contributed by atoms with Crippen LogP contribution in [0.25, 0.3) is 0 Å². The normalized spacial score (nSPS) is 11.1. The third-order valence-corrected chi connectivity index (χ3v) is 4.70. The monoisotopic (exact) mass is 532 g/mol. The van der Waals surface area contributed by atoms with Crippen LogP contribution in [0.3, 0.4) is 0 Å². The number of aliphatic hydroxyl groups excluding tert-OH is 1. The first-order chi connectivity index (χ1) is 8.94. The van der Waals surface area contributed by atoms with Crippen LogP contribution in [0, 0.1) is 0 Å². The quantitative estimate of drug-likeness (QED) is 0.221. The molecule has 0 unspecified atom stereocenters. The molecule has 0 heterocycles. The van der Waals surface area contributed by atoms with Gasteiger partial charge in [0, 0.05) is 4.47 Å². The molecule has 9 nitrogen and oxygen atoms in total. The van der Waals surface area contributed by atoms with Crippen molar-refractivity contribution in [3.8, 4) is 11.5 Å². The second-order valence-electron chi connectivity index (χ2n) is 3.13. The number of hydrogen-bond acceptors (Lipinski definition) is 9. The molecule has 22 heavy (non-hydrogen) atoms. The summed E-state index contributed by atoms with van der Waals surface area (Å²) in [5.74, 6) is -1.71. The molecule has 15 heteroatoms. The predicted octanol–water partition coefficient (Wildman–Crippen LogP) is -5.61. The van der Waals surface area contributed by atoms with Gasteiger partial charge in [0.25, 0.3) is 20.8 Å². The number of benzene rings is 1. The largest absolute Gasteiger partial charge is 1.00 e. The molecule has 0 bridgehead atoms. The average Bonchev–Trinajstić information content (AvgIpc) is 2.25. The molecule has 0 spiro atoms. The van der Waals surface area contributed by atoms with E-state index in [1.807, 2.05) is 0 Å². The van der Waals surface area contributed by atoms with Gasteiger partial charge in [0.1, 0.15) is 0 Å². The molecule has 0 saturated carbocycles. The molecule has 0 radical (unpaired) electrons. The maximum Gasteiger partial charge on any atom is 1.00 e. The summed E-state index contributed by atoms with van der Waals surface area (Å²) in [5.41, 5.74) is 0.0474. The number of rotatable bonds is 5. The number of hydrogen-bond donors (Lipinski definition) is 1. The van der Waals surface area contributed by atoms with Crippen LogP contribution < -0.4 is 111 Å². The van der Waals surface area contributed by atoms with E-state index in [2.05, 4.69) is 40.2 Å². The third kappa shape index (κ3) is 8.97. The SMILES string of the molecule is O=S(=O)([O-])Oc1cc(CO)c(Br)c(Br)c1OS(=O)(=O)[O-].[K+].[K+]. The van der Waals surface area contributed by atoms with Gasteiger partial charge in [-0.2, -0.15) is 0 Å². The second-order valence-corrected chi connectivity index (χ2v) is 6.68. The standard InChI is InChI=1S/C7H6Br2O9S2.2K/c8-5-3(2-10)1-4(17-19(11,12)13)7(6(5)9)18-20(14,15)16;;/h1,10H,2H2,(H,11,12,13)(H,14,15,16);;/q;2*+1/p-2. The summed E-state index contributed by atoms with van der Waals surface area (Å²) < 4.78 is 71.3. The Morgan fingerprint density at radius 1 is 1.00 bits per heavy atom. The molecule has 114 valence electrons.